The molecule has 2 heterocycles. The van der Waals surface area contributed by atoms with Crippen LogP contribution < -0.4 is 0 Å². The second-order valence-corrected chi connectivity index (χ2v) is 4.42. The van der Waals surface area contributed by atoms with Gasteiger partial charge in [-0.25, -0.2) is 0 Å². The average Bonchev–Trinajstić information content (AvgIpc) is 2.83. The highest BCUT2D eigenvalue weighted by Gasteiger charge is 2.22. The number of halogens is 1. The second-order valence-electron chi connectivity index (χ2n) is 3.56. The molecule has 0 amide bonds. The van der Waals surface area contributed by atoms with Gasteiger partial charge in [-0.2, -0.15) is 5.10 Å². The smallest absolute Gasteiger partial charge is 0.154 e. The largest absolute Gasteiger partial charge is 0.466 e. The molecule has 1 N–H and O–H groups in total. The molecule has 0 aliphatic rings. The van der Waals surface area contributed by atoms with Gasteiger partial charge in [0.1, 0.15) is 5.76 Å². The molecule has 0 aliphatic heterocycles. The minimum Gasteiger partial charge on any atom is -0.466 e. The van der Waals surface area contributed by atoms with E-state index < -0.39 is 6.10 Å². The zero-order chi connectivity index (χ0) is 11.7. The van der Waals surface area contributed by atoms with Crippen molar-refractivity contribution < 1.29 is 9.52 Å². The maximum Gasteiger partial charge on any atom is 0.154 e. The van der Waals surface area contributed by atoms with Crippen LogP contribution in [-0.2, 0) is 6.54 Å². The van der Waals surface area contributed by atoms with Crippen LogP contribution in [0.1, 0.15) is 30.0 Å². The van der Waals surface area contributed by atoms with Crippen molar-refractivity contribution in [2.24, 2.45) is 0 Å². The molecule has 1 unspecified atom stereocenters. The van der Waals surface area contributed by atoms with Gasteiger partial charge < -0.3 is 9.52 Å². The fourth-order valence-corrected chi connectivity index (χ4v) is 2.20. The lowest BCUT2D eigenvalue weighted by atomic mass is 10.1. The van der Waals surface area contributed by atoms with E-state index in [-0.39, 0.29) is 0 Å². The van der Waals surface area contributed by atoms with E-state index in [0.29, 0.717) is 12.3 Å². The molecule has 0 aliphatic carbocycles. The lowest BCUT2D eigenvalue weighted by molar-refractivity contribution is 0.177. The van der Waals surface area contributed by atoms with Crippen LogP contribution in [0.2, 0.25) is 0 Å². The lowest BCUT2D eigenvalue weighted by Gasteiger charge is -2.11. The molecule has 16 heavy (non-hydrogen) atoms. The van der Waals surface area contributed by atoms with Crippen LogP contribution in [0.25, 0.3) is 0 Å². The van der Waals surface area contributed by atoms with Gasteiger partial charge in [-0.1, -0.05) is 0 Å². The summed E-state index contributed by atoms with van der Waals surface area (Å²) in [6, 6.07) is 1.83. The molecule has 2 aromatic heterocycles. The Balaban J connectivity index is 2.44. The van der Waals surface area contributed by atoms with E-state index >= 15 is 0 Å². The molecule has 0 aromatic carbocycles. The molecule has 2 aromatic rings. The molecule has 0 bridgehead atoms. The predicted octanol–water partition coefficient (Wildman–Crippen LogP) is 2.65. The number of hydrogen-bond acceptors (Lipinski definition) is 3. The minimum atomic E-state index is -0.785. The van der Waals surface area contributed by atoms with Crippen LogP contribution in [0.15, 0.2) is 27.4 Å². The first-order chi connectivity index (χ1) is 7.65. The van der Waals surface area contributed by atoms with Crippen molar-refractivity contribution in [3.05, 3.63) is 40.0 Å². The zero-order valence-electron chi connectivity index (χ0n) is 9.14. The van der Waals surface area contributed by atoms with Gasteiger partial charge in [-0.3, -0.25) is 4.68 Å². The van der Waals surface area contributed by atoms with Crippen molar-refractivity contribution >= 4 is 15.9 Å². The Hall–Kier alpha value is -1.07. The molecule has 86 valence electrons. The molecule has 0 spiro atoms. The topological polar surface area (TPSA) is 51.2 Å². The molecular formula is C11H13BrN2O2. The highest BCUT2D eigenvalue weighted by atomic mass is 79.9. The van der Waals surface area contributed by atoms with E-state index in [2.05, 4.69) is 21.0 Å². The number of furan rings is 1. The summed E-state index contributed by atoms with van der Waals surface area (Å²) in [6.07, 6.45) is 2.47. The van der Waals surface area contributed by atoms with E-state index in [9.17, 15) is 5.11 Å². The summed E-state index contributed by atoms with van der Waals surface area (Å²) < 4.78 is 7.83. The van der Waals surface area contributed by atoms with Crippen molar-refractivity contribution in [2.45, 2.75) is 26.5 Å². The van der Waals surface area contributed by atoms with Crippen LogP contribution in [0.4, 0.5) is 0 Å². The number of aryl methyl sites for hydroxylation is 2. The molecule has 2 rings (SSSR count). The minimum absolute atomic E-state index is 0.566. The van der Waals surface area contributed by atoms with E-state index in [1.165, 1.54) is 0 Å². The lowest BCUT2D eigenvalue weighted by Crippen LogP contribution is -2.09. The van der Waals surface area contributed by atoms with Crippen molar-refractivity contribution in [3.63, 3.8) is 0 Å². The van der Waals surface area contributed by atoms with Gasteiger partial charge in [0.2, 0.25) is 0 Å². The van der Waals surface area contributed by atoms with Crippen molar-refractivity contribution in [1.29, 1.82) is 0 Å². The summed E-state index contributed by atoms with van der Waals surface area (Å²) in [6.45, 7) is 4.59. The summed E-state index contributed by atoms with van der Waals surface area (Å²) >= 11 is 3.38. The molecular weight excluding hydrogens is 272 g/mol. The normalized spacial score (nSPS) is 13.0. The van der Waals surface area contributed by atoms with Crippen LogP contribution in [0.5, 0.6) is 0 Å². The van der Waals surface area contributed by atoms with E-state index in [4.69, 9.17) is 4.42 Å². The van der Waals surface area contributed by atoms with Gasteiger partial charge in [0, 0.05) is 6.54 Å². The first-order valence-corrected chi connectivity index (χ1v) is 5.87. The summed E-state index contributed by atoms with van der Waals surface area (Å²) in [5.41, 5.74) is 1.66. The molecule has 0 saturated carbocycles. The van der Waals surface area contributed by atoms with Crippen molar-refractivity contribution in [1.82, 2.24) is 9.78 Å². The summed E-state index contributed by atoms with van der Waals surface area (Å²) in [7, 11) is 0. The van der Waals surface area contributed by atoms with Crippen LogP contribution >= 0.6 is 15.9 Å². The highest BCUT2D eigenvalue weighted by molar-refractivity contribution is 9.10. The Morgan fingerprint density at radius 1 is 1.62 bits per heavy atom. The van der Waals surface area contributed by atoms with E-state index in [1.54, 1.807) is 17.1 Å². The number of aromatic nitrogens is 2. The summed E-state index contributed by atoms with van der Waals surface area (Å²) in [5, 5.41) is 14.4. The third-order valence-corrected chi connectivity index (χ3v) is 3.15. The monoisotopic (exact) mass is 284 g/mol. The van der Waals surface area contributed by atoms with Gasteiger partial charge in [0.25, 0.3) is 0 Å². The number of rotatable bonds is 3. The molecule has 1 atom stereocenters. The molecule has 0 fully saturated rings. The zero-order valence-corrected chi connectivity index (χ0v) is 10.7. The van der Waals surface area contributed by atoms with Gasteiger partial charge in [-0.05, 0) is 41.4 Å². The third kappa shape index (κ3) is 1.81. The SMILES string of the molecule is CCn1ncc(Br)c1C(O)c1occc1C. The molecule has 0 radical (unpaired) electrons. The van der Waals surface area contributed by atoms with Crippen LogP contribution in [0.3, 0.4) is 0 Å². The third-order valence-electron chi connectivity index (χ3n) is 2.54. The van der Waals surface area contributed by atoms with E-state index in [0.717, 1.165) is 15.7 Å². The number of aliphatic hydroxyl groups excluding tert-OH is 1. The van der Waals surface area contributed by atoms with Gasteiger partial charge >= 0.3 is 0 Å². The number of aliphatic hydroxyl groups is 1. The fraction of sp³-hybridized carbons (Fsp3) is 0.364. The van der Waals surface area contributed by atoms with E-state index in [1.807, 2.05) is 19.9 Å². The Morgan fingerprint density at radius 2 is 2.38 bits per heavy atom. The Morgan fingerprint density at radius 3 is 2.94 bits per heavy atom. The standard InChI is InChI=1S/C11H13BrN2O2/c1-3-14-9(8(12)6-13-14)10(15)11-7(2)4-5-16-11/h4-6,10,15H,3H2,1-2H3. The van der Waals surface area contributed by atoms with Crippen LogP contribution in [-0.4, -0.2) is 14.9 Å². The van der Waals surface area contributed by atoms with Crippen molar-refractivity contribution in [3.8, 4) is 0 Å². The highest BCUT2D eigenvalue weighted by Crippen LogP contribution is 2.30. The first kappa shape index (κ1) is 11.4. The van der Waals surface area contributed by atoms with Crippen LogP contribution in [0, 0.1) is 6.92 Å². The number of hydrogen-bond donors (Lipinski definition) is 1. The molecule has 0 saturated heterocycles. The Bertz CT molecular complexity index is 490. The van der Waals surface area contributed by atoms with Crippen molar-refractivity contribution in [2.75, 3.05) is 0 Å². The first-order valence-electron chi connectivity index (χ1n) is 5.08. The van der Waals surface area contributed by atoms with Gasteiger partial charge in [0.05, 0.1) is 22.6 Å². The summed E-state index contributed by atoms with van der Waals surface area (Å²) in [5.74, 6) is 0.566. The number of nitrogens with zero attached hydrogens (tertiary/aromatic N) is 2. The second kappa shape index (κ2) is 4.43. The van der Waals surface area contributed by atoms with Gasteiger partial charge in [-0.15, -0.1) is 0 Å². The quantitative estimate of drug-likeness (QED) is 0.943. The maximum atomic E-state index is 10.3. The maximum absolute atomic E-state index is 10.3. The summed E-state index contributed by atoms with van der Waals surface area (Å²) in [4.78, 5) is 0. The Labute approximate surface area is 102 Å². The molecule has 5 heteroatoms. The average molecular weight is 285 g/mol. The predicted molar refractivity (Wildman–Crippen MR) is 63.1 cm³/mol. The fourth-order valence-electron chi connectivity index (χ4n) is 1.68. The van der Waals surface area contributed by atoms with Gasteiger partial charge in [0.15, 0.2) is 6.10 Å². The Kier molecular flexibility index (Phi) is 3.16. The molecule has 4 nitrogen and oxygen atoms in total.